The molecule has 0 bridgehead atoms. The zero-order valence-corrected chi connectivity index (χ0v) is 16.1. The summed E-state index contributed by atoms with van der Waals surface area (Å²) in [6.45, 7) is 4.36. The molecule has 27 heavy (non-hydrogen) atoms. The van der Waals surface area contributed by atoms with Crippen molar-refractivity contribution in [1.29, 1.82) is 0 Å². The number of aromatic nitrogens is 1. The number of benzene rings is 2. The summed E-state index contributed by atoms with van der Waals surface area (Å²) in [6.07, 6.45) is 2.30. The predicted octanol–water partition coefficient (Wildman–Crippen LogP) is 5.82. The monoisotopic (exact) mass is 379 g/mol. The molecule has 0 N–H and O–H groups in total. The molecule has 3 aromatic rings. The van der Waals surface area contributed by atoms with Crippen LogP contribution in [0.4, 0.5) is 11.4 Å². The number of hydrogen-bond acceptors (Lipinski definition) is 4. The van der Waals surface area contributed by atoms with E-state index in [0.717, 1.165) is 34.6 Å². The van der Waals surface area contributed by atoms with E-state index in [4.69, 9.17) is 4.99 Å². The first kappa shape index (κ1) is 17.7. The van der Waals surface area contributed by atoms with Gasteiger partial charge in [-0.1, -0.05) is 32.0 Å². The number of nitrogens with zero attached hydrogens (tertiary/aromatic N) is 3. The lowest BCUT2D eigenvalue weighted by Crippen LogP contribution is -2.14. The number of nitro groups is 1. The SMILES string of the molecule is CC(C)c1ccccc1N=c1scc(-c2ccc([N+](=O)[O-])cc2)n1C1CC1. The van der Waals surface area contributed by atoms with E-state index in [9.17, 15) is 10.1 Å². The number of non-ortho nitro benzene ring substituents is 1. The van der Waals surface area contributed by atoms with Gasteiger partial charge in [0, 0.05) is 23.6 Å². The minimum atomic E-state index is -0.365. The van der Waals surface area contributed by atoms with E-state index < -0.39 is 0 Å². The molecule has 1 aromatic heterocycles. The van der Waals surface area contributed by atoms with Gasteiger partial charge in [0.2, 0.25) is 0 Å². The summed E-state index contributed by atoms with van der Waals surface area (Å²) in [6, 6.07) is 15.5. The summed E-state index contributed by atoms with van der Waals surface area (Å²) in [5, 5.41) is 13.0. The van der Waals surface area contributed by atoms with Crippen molar-refractivity contribution in [3.05, 3.63) is 74.4 Å². The minimum Gasteiger partial charge on any atom is -0.313 e. The fourth-order valence-electron chi connectivity index (χ4n) is 3.23. The second kappa shape index (κ2) is 7.12. The van der Waals surface area contributed by atoms with Gasteiger partial charge < -0.3 is 4.57 Å². The molecule has 0 saturated heterocycles. The van der Waals surface area contributed by atoms with Gasteiger partial charge in [0.1, 0.15) is 0 Å². The zero-order chi connectivity index (χ0) is 19.0. The van der Waals surface area contributed by atoms with Crippen LogP contribution in [0.2, 0.25) is 0 Å². The molecule has 1 saturated carbocycles. The molecule has 1 aliphatic rings. The molecular weight excluding hydrogens is 358 g/mol. The molecule has 1 heterocycles. The first-order chi connectivity index (χ1) is 13.0. The largest absolute Gasteiger partial charge is 0.313 e. The fourth-order valence-corrected chi connectivity index (χ4v) is 4.21. The average molecular weight is 379 g/mol. The van der Waals surface area contributed by atoms with Crippen molar-refractivity contribution < 1.29 is 4.92 Å². The van der Waals surface area contributed by atoms with E-state index in [1.807, 2.05) is 18.2 Å². The van der Waals surface area contributed by atoms with Crippen LogP contribution in [0.1, 0.15) is 44.2 Å². The van der Waals surface area contributed by atoms with Crippen LogP contribution in [-0.4, -0.2) is 9.49 Å². The number of thiazole rings is 1. The summed E-state index contributed by atoms with van der Waals surface area (Å²) in [5.74, 6) is 0.411. The Bertz CT molecular complexity index is 1040. The van der Waals surface area contributed by atoms with Crippen LogP contribution in [0.15, 0.2) is 58.9 Å². The third-order valence-corrected chi connectivity index (χ3v) is 5.64. The molecule has 5 nitrogen and oxygen atoms in total. The van der Waals surface area contributed by atoms with Crippen molar-refractivity contribution in [2.24, 2.45) is 4.99 Å². The second-order valence-electron chi connectivity index (χ2n) is 7.13. The summed E-state index contributed by atoms with van der Waals surface area (Å²) in [4.78, 5) is 16.5. The highest BCUT2D eigenvalue weighted by molar-refractivity contribution is 7.07. The maximum Gasteiger partial charge on any atom is 0.269 e. The Morgan fingerprint density at radius 3 is 2.48 bits per heavy atom. The van der Waals surface area contributed by atoms with Crippen LogP contribution in [-0.2, 0) is 0 Å². The average Bonchev–Trinajstić information content (AvgIpc) is 3.42. The molecule has 0 aliphatic heterocycles. The Hall–Kier alpha value is -2.73. The van der Waals surface area contributed by atoms with Gasteiger partial charge in [-0.3, -0.25) is 10.1 Å². The number of para-hydroxylation sites is 1. The van der Waals surface area contributed by atoms with E-state index in [1.165, 1.54) is 5.56 Å². The molecule has 2 aromatic carbocycles. The zero-order valence-electron chi connectivity index (χ0n) is 15.3. The highest BCUT2D eigenvalue weighted by atomic mass is 32.1. The van der Waals surface area contributed by atoms with E-state index in [-0.39, 0.29) is 10.6 Å². The third-order valence-electron chi connectivity index (χ3n) is 4.80. The minimum absolute atomic E-state index is 0.114. The van der Waals surface area contributed by atoms with Crippen LogP contribution in [0.5, 0.6) is 0 Å². The highest BCUT2D eigenvalue weighted by Crippen LogP contribution is 2.38. The van der Waals surface area contributed by atoms with Crippen molar-refractivity contribution >= 4 is 22.7 Å². The molecule has 0 amide bonds. The fraction of sp³-hybridized carbons (Fsp3) is 0.286. The lowest BCUT2D eigenvalue weighted by Gasteiger charge is -2.10. The molecule has 0 radical (unpaired) electrons. The Labute approximate surface area is 161 Å². The number of rotatable bonds is 5. The standard InChI is InChI=1S/C21H21N3O2S/c1-14(2)18-5-3-4-6-19(18)22-21-23(16-11-12-16)20(13-27-21)15-7-9-17(10-8-15)24(25)26/h3-10,13-14,16H,11-12H2,1-2H3. The van der Waals surface area contributed by atoms with Crippen molar-refractivity contribution in [3.63, 3.8) is 0 Å². The summed E-state index contributed by atoms with van der Waals surface area (Å²) < 4.78 is 2.29. The van der Waals surface area contributed by atoms with Gasteiger partial charge in [-0.2, -0.15) is 0 Å². The van der Waals surface area contributed by atoms with Crippen LogP contribution < -0.4 is 4.80 Å². The van der Waals surface area contributed by atoms with Gasteiger partial charge in [0.25, 0.3) is 5.69 Å². The van der Waals surface area contributed by atoms with E-state index >= 15 is 0 Å². The Balaban J connectivity index is 1.82. The van der Waals surface area contributed by atoms with E-state index in [1.54, 1.807) is 23.5 Å². The molecular formula is C21H21N3O2S. The van der Waals surface area contributed by atoms with Crippen molar-refractivity contribution in [2.45, 2.75) is 38.6 Å². The lowest BCUT2D eigenvalue weighted by atomic mass is 10.0. The Morgan fingerprint density at radius 2 is 1.85 bits per heavy atom. The normalized spacial score (nSPS) is 14.7. The molecule has 0 spiro atoms. The van der Waals surface area contributed by atoms with Gasteiger partial charge in [-0.15, -0.1) is 11.3 Å². The smallest absolute Gasteiger partial charge is 0.269 e. The third kappa shape index (κ3) is 3.57. The molecule has 138 valence electrons. The maximum absolute atomic E-state index is 10.9. The van der Waals surface area contributed by atoms with Gasteiger partial charge >= 0.3 is 0 Å². The molecule has 0 unspecified atom stereocenters. The first-order valence-electron chi connectivity index (χ1n) is 9.13. The van der Waals surface area contributed by atoms with Crippen LogP contribution in [0.3, 0.4) is 0 Å². The summed E-state index contributed by atoms with van der Waals surface area (Å²) in [5.41, 5.74) is 4.44. The van der Waals surface area contributed by atoms with Crippen molar-refractivity contribution in [2.75, 3.05) is 0 Å². The molecule has 1 fully saturated rings. The highest BCUT2D eigenvalue weighted by Gasteiger charge is 2.27. The van der Waals surface area contributed by atoms with Crippen LogP contribution >= 0.6 is 11.3 Å². The van der Waals surface area contributed by atoms with Crippen molar-refractivity contribution in [1.82, 2.24) is 4.57 Å². The number of hydrogen-bond donors (Lipinski definition) is 0. The lowest BCUT2D eigenvalue weighted by molar-refractivity contribution is -0.384. The van der Waals surface area contributed by atoms with Gasteiger partial charge in [-0.05, 0) is 48.1 Å². The van der Waals surface area contributed by atoms with Crippen molar-refractivity contribution in [3.8, 4) is 11.3 Å². The quantitative estimate of drug-likeness (QED) is 0.414. The maximum atomic E-state index is 10.9. The van der Waals surface area contributed by atoms with Gasteiger partial charge in [0.05, 0.1) is 16.3 Å². The number of nitro benzene ring substituents is 1. The predicted molar refractivity (Wildman–Crippen MR) is 108 cm³/mol. The summed E-state index contributed by atoms with van der Waals surface area (Å²) in [7, 11) is 0. The van der Waals surface area contributed by atoms with Gasteiger partial charge in [0.15, 0.2) is 4.80 Å². The van der Waals surface area contributed by atoms with Crippen LogP contribution in [0, 0.1) is 10.1 Å². The van der Waals surface area contributed by atoms with Gasteiger partial charge in [-0.25, -0.2) is 4.99 Å². The van der Waals surface area contributed by atoms with E-state index in [0.29, 0.717) is 12.0 Å². The Morgan fingerprint density at radius 1 is 1.15 bits per heavy atom. The second-order valence-corrected chi connectivity index (χ2v) is 7.97. The topological polar surface area (TPSA) is 60.4 Å². The first-order valence-corrected chi connectivity index (χ1v) is 10.0. The summed E-state index contributed by atoms with van der Waals surface area (Å²) >= 11 is 1.63. The molecule has 6 heteroatoms. The van der Waals surface area contributed by atoms with Crippen LogP contribution in [0.25, 0.3) is 11.3 Å². The molecule has 4 rings (SSSR count). The molecule has 0 atom stereocenters. The Kier molecular flexibility index (Phi) is 4.66. The molecule has 1 aliphatic carbocycles. The van der Waals surface area contributed by atoms with E-state index in [2.05, 4.69) is 42.0 Å².